The van der Waals surface area contributed by atoms with Crippen LogP contribution in [-0.2, 0) is 6.42 Å². The molecule has 144 valence electrons. The van der Waals surface area contributed by atoms with Gasteiger partial charge in [0.05, 0.1) is 5.69 Å². The molecule has 4 rings (SSSR count). The molecule has 0 saturated carbocycles. The van der Waals surface area contributed by atoms with Crippen LogP contribution < -0.4 is 0 Å². The van der Waals surface area contributed by atoms with E-state index in [9.17, 15) is 4.79 Å². The van der Waals surface area contributed by atoms with Crippen molar-refractivity contribution in [2.45, 2.75) is 32.6 Å². The van der Waals surface area contributed by atoms with E-state index in [1.54, 1.807) is 11.0 Å². The lowest BCUT2D eigenvalue weighted by atomic mass is 9.90. The summed E-state index contributed by atoms with van der Waals surface area (Å²) in [5, 5.41) is 11.3. The van der Waals surface area contributed by atoms with Gasteiger partial charge in [-0.05, 0) is 78.3 Å². The van der Waals surface area contributed by atoms with Gasteiger partial charge in [-0.15, -0.1) is 5.10 Å². The normalized spacial score (nSPS) is 15.0. The van der Waals surface area contributed by atoms with Crippen molar-refractivity contribution in [3.63, 3.8) is 0 Å². The third-order valence-corrected chi connectivity index (χ3v) is 5.63. The monoisotopic (exact) mass is 375 g/mol. The Balaban J connectivity index is 1.33. The third kappa shape index (κ3) is 4.11. The number of likely N-dealkylation sites (tertiary alicyclic amines) is 1. The molecule has 2 heterocycles. The Hall–Kier alpha value is -3.02. The van der Waals surface area contributed by atoms with Crippen LogP contribution in [0.1, 0.15) is 40.7 Å². The standard InChI is InChI=1S/C22H25N5O/c1-17-15-20(9-10-21(17)27-16-23-24-25-27)22(28)26-13-11-19(12-14-26)8-7-18-5-3-2-4-6-18/h2-6,9-10,15-16,19H,7-8,11-14H2,1H3. The molecule has 6 nitrogen and oxygen atoms in total. The highest BCUT2D eigenvalue weighted by molar-refractivity contribution is 5.94. The summed E-state index contributed by atoms with van der Waals surface area (Å²) in [5.41, 5.74) is 4.01. The van der Waals surface area contributed by atoms with E-state index >= 15 is 0 Å². The molecule has 0 unspecified atom stereocenters. The molecule has 1 amide bonds. The fraction of sp³-hybridized carbons (Fsp3) is 0.364. The summed E-state index contributed by atoms with van der Waals surface area (Å²) in [5.74, 6) is 0.820. The zero-order valence-electron chi connectivity index (χ0n) is 16.2. The van der Waals surface area contributed by atoms with E-state index in [4.69, 9.17) is 0 Å². The third-order valence-electron chi connectivity index (χ3n) is 5.63. The Morgan fingerprint density at radius 1 is 1.11 bits per heavy atom. The lowest BCUT2D eigenvalue weighted by Gasteiger charge is -2.32. The zero-order chi connectivity index (χ0) is 19.3. The van der Waals surface area contributed by atoms with Gasteiger partial charge in [-0.1, -0.05) is 30.3 Å². The van der Waals surface area contributed by atoms with Gasteiger partial charge in [-0.3, -0.25) is 4.79 Å². The Bertz CT molecular complexity index is 915. The predicted octanol–water partition coefficient (Wildman–Crippen LogP) is 3.46. The molecule has 2 aromatic carbocycles. The average molecular weight is 375 g/mol. The van der Waals surface area contributed by atoms with E-state index in [1.807, 2.05) is 30.0 Å². The van der Waals surface area contributed by atoms with Gasteiger partial charge in [0, 0.05) is 18.7 Å². The number of carbonyl (C=O) groups is 1. The van der Waals surface area contributed by atoms with E-state index in [-0.39, 0.29) is 5.91 Å². The topological polar surface area (TPSA) is 63.9 Å². The Morgan fingerprint density at radius 3 is 2.57 bits per heavy atom. The first kappa shape index (κ1) is 18.3. The second-order valence-corrected chi connectivity index (χ2v) is 7.52. The fourth-order valence-electron chi connectivity index (χ4n) is 3.94. The number of hydrogen-bond acceptors (Lipinski definition) is 4. The minimum absolute atomic E-state index is 0.118. The van der Waals surface area contributed by atoms with Gasteiger partial charge in [0.25, 0.3) is 5.91 Å². The van der Waals surface area contributed by atoms with Gasteiger partial charge in [-0.2, -0.15) is 0 Å². The molecule has 0 bridgehead atoms. The quantitative estimate of drug-likeness (QED) is 0.685. The molecule has 28 heavy (non-hydrogen) atoms. The van der Waals surface area contributed by atoms with Crippen molar-refractivity contribution < 1.29 is 4.79 Å². The molecule has 1 aliphatic heterocycles. The second-order valence-electron chi connectivity index (χ2n) is 7.52. The molecule has 0 aliphatic carbocycles. The van der Waals surface area contributed by atoms with Crippen LogP contribution in [0.4, 0.5) is 0 Å². The first-order valence-corrected chi connectivity index (χ1v) is 9.88. The van der Waals surface area contributed by atoms with Gasteiger partial charge in [-0.25, -0.2) is 4.68 Å². The highest BCUT2D eigenvalue weighted by atomic mass is 16.2. The van der Waals surface area contributed by atoms with Crippen LogP contribution in [0.5, 0.6) is 0 Å². The van der Waals surface area contributed by atoms with Crippen LogP contribution >= 0.6 is 0 Å². The molecule has 0 N–H and O–H groups in total. The van der Waals surface area contributed by atoms with E-state index in [2.05, 4.69) is 45.9 Å². The van der Waals surface area contributed by atoms with Crippen LogP contribution in [0.3, 0.4) is 0 Å². The molecular weight excluding hydrogens is 350 g/mol. The van der Waals surface area contributed by atoms with Gasteiger partial charge in [0.15, 0.2) is 0 Å². The molecule has 1 fully saturated rings. The van der Waals surface area contributed by atoms with E-state index in [0.29, 0.717) is 5.92 Å². The van der Waals surface area contributed by atoms with Crippen molar-refractivity contribution in [1.82, 2.24) is 25.1 Å². The number of nitrogens with zero attached hydrogens (tertiary/aromatic N) is 5. The molecule has 1 saturated heterocycles. The molecule has 0 atom stereocenters. The van der Waals surface area contributed by atoms with Crippen LogP contribution in [0.15, 0.2) is 54.9 Å². The molecular formula is C22H25N5O. The number of aryl methyl sites for hydroxylation is 2. The maximum Gasteiger partial charge on any atom is 0.253 e. The minimum Gasteiger partial charge on any atom is -0.339 e. The highest BCUT2D eigenvalue weighted by Crippen LogP contribution is 2.24. The first-order chi connectivity index (χ1) is 13.7. The Kier molecular flexibility index (Phi) is 5.46. The fourth-order valence-corrected chi connectivity index (χ4v) is 3.94. The summed E-state index contributed by atoms with van der Waals surface area (Å²) in [7, 11) is 0. The molecule has 1 aliphatic rings. The summed E-state index contributed by atoms with van der Waals surface area (Å²) >= 11 is 0. The van der Waals surface area contributed by atoms with Crippen molar-refractivity contribution in [1.29, 1.82) is 0 Å². The Morgan fingerprint density at radius 2 is 1.89 bits per heavy atom. The first-order valence-electron chi connectivity index (χ1n) is 9.88. The zero-order valence-corrected chi connectivity index (χ0v) is 16.2. The van der Waals surface area contributed by atoms with Gasteiger partial charge in [0.1, 0.15) is 6.33 Å². The van der Waals surface area contributed by atoms with E-state index in [0.717, 1.165) is 49.2 Å². The van der Waals surface area contributed by atoms with Crippen molar-refractivity contribution in [2.24, 2.45) is 5.92 Å². The predicted molar refractivity (Wildman–Crippen MR) is 107 cm³/mol. The largest absolute Gasteiger partial charge is 0.339 e. The van der Waals surface area contributed by atoms with Gasteiger partial charge < -0.3 is 4.90 Å². The lowest BCUT2D eigenvalue weighted by molar-refractivity contribution is 0.0687. The average Bonchev–Trinajstić information content (AvgIpc) is 3.27. The van der Waals surface area contributed by atoms with Gasteiger partial charge >= 0.3 is 0 Å². The smallest absolute Gasteiger partial charge is 0.253 e. The minimum atomic E-state index is 0.118. The molecule has 0 spiro atoms. The van der Waals surface area contributed by atoms with Gasteiger partial charge in [0.2, 0.25) is 0 Å². The summed E-state index contributed by atoms with van der Waals surface area (Å²) in [6.07, 6.45) is 6.05. The number of benzene rings is 2. The van der Waals surface area contributed by atoms with Crippen LogP contribution in [0.25, 0.3) is 5.69 Å². The maximum absolute atomic E-state index is 12.9. The summed E-state index contributed by atoms with van der Waals surface area (Å²) < 4.78 is 1.61. The number of piperidine rings is 1. The van der Waals surface area contributed by atoms with Crippen molar-refractivity contribution in [2.75, 3.05) is 13.1 Å². The maximum atomic E-state index is 12.9. The molecule has 3 aromatic rings. The molecule has 0 radical (unpaired) electrons. The van der Waals surface area contributed by atoms with Crippen LogP contribution in [-0.4, -0.2) is 44.1 Å². The number of carbonyl (C=O) groups excluding carboxylic acids is 1. The summed E-state index contributed by atoms with van der Waals surface area (Å²) in [4.78, 5) is 14.9. The highest BCUT2D eigenvalue weighted by Gasteiger charge is 2.24. The van der Waals surface area contributed by atoms with Crippen LogP contribution in [0.2, 0.25) is 0 Å². The summed E-state index contributed by atoms with van der Waals surface area (Å²) in [6, 6.07) is 16.4. The molecule has 1 aromatic heterocycles. The molecule has 6 heteroatoms. The van der Waals surface area contributed by atoms with Crippen molar-refractivity contribution in [3.05, 3.63) is 71.5 Å². The SMILES string of the molecule is Cc1cc(C(=O)N2CCC(CCc3ccccc3)CC2)ccc1-n1cnnn1. The summed E-state index contributed by atoms with van der Waals surface area (Å²) in [6.45, 7) is 3.65. The van der Waals surface area contributed by atoms with E-state index in [1.165, 1.54) is 12.0 Å². The Labute approximate surface area is 165 Å². The number of hydrogen-bond donors (Lipinski definition) is 0. The van der Waals surface area contributed by atoms with Crippen LogP contribution in [0, 0.1) is 12.8 Å². The number of amides is 1. The van der Waals surface area contributed by atoms with Crippen molar-refractivity contribution in [3.8, 4) is 5.69 Å². The lowest BCUT2D eigenvalue weighted by Crippen LogP contribution is -2.38. The number of rotatable bonds is 5. The van der Waals surface area contributed by atoms with Crippen molar-refractivity contribution >= 4 is 5.91 Å². The second kappa shape index (κ2) is 8.33. The number of aromatic nitrogens is 4. The van der Waals surface area contributed by atoms with E-state index < -0.39 is 0 Å². The number of tetrazole rings is 1.